The van der Waals surface area contributed by atoms with Gasteiger partial charge < -0.3 is 49.4 Å². The normalized spacial score (nSPS) is 19.3. The highest BCUT2D eigenvalue weighted by molar-refractivity contribution is 6.52. The number of hydrogen-bond donors (Lipinski definition) is 3. The number of rotatable bonds is 14. The van der Waals surface area contributed by atoms with Crippen LogP contribution in [-0.2, 0) is 32.8 Å². The van der Waals surface area contributed by atoms with Crippen LogP contribution in [0.4, 0.5) is 0 Å². The molecule has 0 aromatic carbocycles. The predicted molar refractivity (Wildman–Crippen MR) is 178 cm³/mol. The summed E-state index contributed by atoms with van der Waals surface area (Å²) >= 11 is 0. The lowest BCUT2D eigenvalue weighted by molar-refractivity contribution is 0.00578. The first-order valence-corrected chi connectivity index (χ1v) is 15.3. The van der Waals surface area contributed by atoms with Crippen molar-refractivity contribution in [3.05, 3.63) is 24.1 Å². The molecule has 250 valence electrons. The van der Waals surface area contributed by atoms with Gasteiger partial charge in [-0.2, -0.15) is 0 Å². The zero-order chi connectivity index (χ0) is 33.4. The number of nitrogens with two attached hydrogens (primary N) is 2. The molecule has 5 N–H and O–H groups in total. The molecule has 2 aliphatic rings. The molecule has 0 atom stereocenters. The summed E-state index contributed by atoms with van der Waals surface area (Å²) in [5, 5.41) is 8.13. The van der Waals surface area contributed by atoms with Crippen molar-refractivity contribution in [3.8, 4) is 12.3 Å². The summed E-state index contributed by atoms with van der Waals surface area (Å²) < 4.78 is 38.7. The molecule has 0 amide bonds. The van der Waals surface area contributed by atoms with E-state index in [0.717, 1.165) is 19.4 Å². The smallest absolute Gasteiger partial charge is 0.400 e. The van der Waals surface area contributed by atoms with Gasteiger partial charge in [-0.1, -0.05) is 43.9 Å². The van der Waals surface area contributed by atoms with Crippen LogP contribution in [0.2, 0.25) is 0 Å². The maximum atomic E-state index is 8.13. The summed E-state index contributed by atoms with van der Waals surface area (Å²) in [5.74, 6) is 6.10. The van der Waals surface area contributed by atoms with Crippen LogP contribution >= 0.6 is 0 Å². The van der Waals surface area contributed by atoms with Gasteiger partial charge in [-0.15, -0.1) is 6.42 Å². The molecule has 43 heavy (non-hydrogen) atoms. The number of aliphatic hydroxyl groups excluding tert-OH is 1. The van der Waals surface area contributed by atoms with E-state index in [-0.39, 0.29) is 43.2 Å². The summed E-state index contributed by atoms with van der Waals surface area (Å²) in [6.45, 7) is 25.1. The Labute approximate surface area is 263 Å². The lowest BCUT2D eigenvalue weighted by Gasteiger charge is -2.32. The Morgan fingerprint density at radius 1 is 0.698 bits per heavy atom. The molecule has 2 rings (SSSR count). The second kappa shape index (κ2) is 24.1. The van der Waals surface area contributed by atoms with Crippen molar-refractivity contribution in [1.29, 1.82) is 0 Å². The van der Waals surface area contributed by atoms with Gasteiger partial charge in [0, 0.05) is 13.2 Å². The molecule has 0 aromatic heterocycles. The fourth-order valence-corrected chi connectivity index (χ4v) is 3.11. The Morgan fingerprint density at radius 2 is 1.12 bits per heavy atom. The van der Waals surface area contributed by atoms with Crippen molar-refractivity contribution in [1.82, 2.24) is 0 Å². The van der Waals surface area contributed by atoms with Gasteiger partial charge in [0.25, 0.3) is 0 Å². The summed E-state index contributed by atoms with van der Waals surface area (Å²) in [6.07, 6.45) is 10.7. The Hall–Kier alpha value is -1.23. The first-order valence-electron chi connectivity index (χ1n) is 15.3. The standard InChI is InChI=1S/C14H27BO4.C10H19BO2.C4H11NO2.C3H5N/c1-6-9-16-11-12-17-10-7-8-15-18-13(2,3)14(4,5)19-15;1-6-7-8-11-12-9(2,3)10(4,5)13-11;5-1-3-7-4-2-6;1-2-3-4/h7-8H,6,9-12H2,1-5H3;7-8H,6H2,1-5H3;6H,1-5H2;1H,3-4H2/b2*8-7+;;. The SMILES string of the molecule is C#CCN.CC/C=C/B1OC(C)(C)C(C)(C)O1.CCCOCCOC/C=C/B1OC(C)(C)C(C)(C)O1.NCCOCCO. The lowest BCUT2D eigenvalue weighted by Crippen LogP contribution is -2.41. The van der Waals surface area contributed by atoms with Gasteiger partial charge in [0.15, 0.2) is 0 Å². The molecule has 0 spiro atoms. The summed E-state index contributed by atoms with van der Waals surface area (Å²) in [4.78, 5) is 0. The van der Waals surface area contributed by atoms with Gasteiger partial charge in [0.1, 0.15) is 0 Å². The summed E-state index contributed by atoms with van der Waals surface area (Å²) in [7, 11) is -0.463. The first-order chi connectivity index (χ1) is 20.1. The van der Waals surface area contributed by atoms with Crippen molar-refractivity contribution in [2.45, 2.75) is 104 Å². The van der Waals surface area contributed by atoms with E-state index in [9.17, 15) is 0 Å². The van der Waals surface area contributed by atoms with Crippen molar-refractivity contribution in [2.75, 3.05) is 59.3 Å². The third-order valence-electron chi connectivity index (χ3n) is 6.92. The van der Waals surface area contributed by atoms with Crippen molar-refractivity contribution >= 4 is 14.2 Å². The second-order valence-electron chi connectivity index (χ2n) is 11.7. The topological polar surface area (TPSA) is 137 Å². The van der Waals surface area contributed by atoms with Gasteiger partial charge in [0.05, 0.1) is 68.6 Å². The minimum Gasteiger partial charge on any atom is -0.400 e. The molecule has 0 aliphatic carbocycles. The Balaban J connectivity index is 0. The maximum Gasteiger partial charge on any atom is 0.486 e. The molecule has 0 bridgehead atoms. The number of hydrogen-bond acceptors (Lipinski definition) is 10. The van der Waals surface area contributed by atoms with E-state index >= 15 is 0 Å². The summed E-state index contributed by atoms with van der Waals surface area (Å²) in [5.41, 5.74) is 8.87. The molecule has 0 saturated carbocycles. The van der Waals surface area contributed by atoms with Crippen LogP contribution in [-0.4, -0.2) is 101 Å². The number of aliphatic hydroxyl groups is 1. The van der Waals surface area contributed by atoms with Gasteiger partial charge in [0.2, 0.25) is 0 Å². The van der Waals surface area contributed by atoms with Crippen LogP contribution in [0.25, 0.3) is 0 Å². The molecule has 0 unspecified atom stereocenters. The van der Waals surface area contributed by atoms with Crippen LogP contribution < -0.4 is 11.5 Å². The molecule has 12 heteroatoms. The Morgan fingerprint density at radius 3 is 1.49 bits per heavy atom. The van der Waals surface area contributed by atoms with Crippen LogP contribution in [0.1, 0.15) is 82.1 Å². The Bertz CT molecular complexity index is 750. The highest BCUT2D eigenvalue weighted by Crippen LogP contribution is 2.37. The molecule has 0 radical (unpaired) electrons. The predicted octanol–water partition coefficient (Wildman–Crippen LogP) is 3.73. The van der Waals surface area contributed by atoms with E-state index in [0.29, 0.717) is 46.1 Å². The third kappa shape index (κ3) is 19.7. The number of allylic oxidation sites excluding steroid dienone is 1. The largest absolute Gasteiger partial charge is 0.486 e. The molecule has 2 aliphatic heterocycles. The zero-order valence-electron chi connectivity index (χ0n) is 28.8. The van der Waals surface area contributed by atoms with Gasteiger partial charge in [-0.3, -0.25) is 0 Å². The van der Waals surface area contributed by atoms with Crippen LogP contribution in [0.15, 0.2) is 24.1 Å². The number of terminal acetylenes is 1. The van der Waals surface area contributed by atoms with E-state index in [1.165, 1.54) is 0 Å². The van der Waals surface area contributed by atoms with E-state index in [2.05, 4.69) is 60.0 Å². The lowest BCUT2D eigenvalue weighted by atomic mass is 9.90. The van der Waals surface area contributed by atoms with E-state index in [1.807, 2.05) is 45.7 Å². The Kier molecular flexibility index (Phi) is 24.6. The highest BCUT2D eigenvalue weighted by Gasteiger charge is 2.50. The van der Waals surface area contributed by atoms with E-state index in [1.54, 1.807) is 0 Å². The monoisotopic (exact) mass is 612 g/mol. The van der Waals surface area contributed by atoms with E-state index < -0.39 is 0 Å². The fraction of sp³-hybridized carbons (Fsp3) is 0.806. The van der Waals surface area contributed by atoms with E-state index in [4.69, 9.17) is 49.4 Å². The average Bonchev–Trinajstić information content (AvgIpc) is 3.28. The molecule has 0 aromatic rings. The molecular weight excluding hydrogens is 550 g/mol. The molecular formula is C31H62B2N2O8. The van der Waals surface area contributed by atoms with Crippen LogP contribution in [0.3, 0.4) is 0 Å². The fourth-order valence-electron chi connectivity index (χ4n) is 3.11. The third-order valence-corrected chi connectivity index (χ3v) is 6.92. The molecule has 10 nitrogen and oxygen atoms in total. The minimum atomic E-state index is -0.287. The zero-order valence-corrected chi connectivity index (χ0v) is 28.8. The first kappa shape index (κ1) is 43.9. The van der Waals surface area contributed by atoms with Gasteiger partial charge in [-0.25, -0.2) is 0 Å². The average molecular weight is 612 g/mol. The van der Waals surface area contributed by atoms with Gasteiger partial charge >= 0.3 is 14.2 Å². The van der Waals surface area contributed by atoms with Crippen molar-refractivity contribution in [3.63, 3.8) is 0 Å². The molecule has 2 heterocycles. The number of ether oxygens (including phenoxy) is 3. The molecule has 2 fully saturated rings. The summed E-state index contributed by atoms with van der Waals surface area (Å²) in [6, 6.07) is 0. The molecule has 2 saturated heterocycles. The van der Waals surface area contributed by atoms with Gasteiger partial charge in [-0.05, 0) is 68.2 Å². The highest BCUT2D eigenvalue weighted by atomic mass is 16.7. The maximum absolute atomic E-state index is 8.13. The van der Waals surface area contributed by atoms with Crippen LogP contribution in [0, 0.1) is 12.3 Å². The van der Waals surface area contributed by atoms with Crippen LogP contribution in [0.5, 0.6) is 0 Å². The van der Waals surface area contributed by atoms with Crippen molar-refractivity contribution < 1.29 is 37.9 Å². The quantitative estimate of drug-likeness (QED) is 0.151. The van der Waals surface area contributed by atoms with Crippen molar-refractivity contribution in [2.24, 2.45) is 11.5 Å². The second-order valence-corrected chi connectivity index (χ2v) is 11.7. The minimum absolute atomic E-state index is 0.0833.